The van der Waals surface area contributed by atoms with Crippen LogP contribution in [0.1, 0.15) is 29.0 Å². The quantitative estimate of drug-likeness (QED) is 0.694. The van der Waals surface area contributed by atoms with E-state index in [1.165, 1.54) is 21.6 Å². The smallest absolute Gasteiger partial charge is 0.0815 e. The number of fused-ring (bicyclic) bond motifs is 2. The van der Waals surface area contributed by atoms with Crippen molar-refractivity contribution in [2.24, 2.45) is 0 Å². The number of rotatable bonds is 2. The molecule has 0 fully saturated rings. The van der Waals surface area contributed by atoms with Gasteiger partial charge < -0.3 is 0 Å². The van der Waals surface area contributed by atoms with Gasteiger partial charge in [0.2, 0.25) is 0 Å². The lowest BCUT2D eigenvalue weighted by Crippen LogP contribution is -2.32. The van der Waals surface area contributed by atoms with Gasteiger partial charge in [-0.05, 0) is 48.1 Å². The van der Waals surface area contributed by atoms with Crippen molar-refractivity contribution in [2.45, 2.75) is 25.9 Å². The van der Waals surface area contributed by atoms with Crippen LogP contribution in [-0.4, -0.2) is 16.4 Å². The summed E-state index contributed by atoms with van der Waals surface area (Å²) in [6.45, 7) is 4.55. The van der Waals surface area contributed by atoms with E-state index in [4.69, 9.17) is 0 Å². The van der Waals surface area contributed by atoms with Crippen molar-refractivity contribution in [3.8, 4) is 0 Å². The maximum atomic E-state index is 4.44. The first-order chi connectivity index (χ1) is 9.81. The van der Waals surface area contributed by atoms with Gasteiger partial charge in [-0.1, -0.05) is 6.07 Å². The Balaban J connectivity index is 1.62. The maximum absolute atomic E-state index is 4.44. The Bertz CT molecular complexity index is 744. The van der Waals surface area contributed by atoms with Crippen LogP contribution in [0.25, 0.3) is 10.2 Å². The first-order valence-corrected chi connectivity index (χ1v) is 8.69. The van der Waals surface area contributed by atoms with E-state index in [0.29, 0.717) is 6.04 Å². The first kappa shape index (κ1) is 12.5. The predicted molar refractivity (Wildman–Crippen MR) is 86.5 cm³/mol. The second-order valence-corrected chi connectivity index (χ2v) is 7.23. The Labute approximate surface area is 126 Å². The third-order valence-electron chi connectivity index (χ3n) is 4.24. The number of hydrogen-bond acceptors (Lipinski definition) is 4. The summed E-state index contributed by atoms with van der Waals surface area (Å²) in [5, 5.41) is 2.22. The van der Waals surface area contributed by atoms with Crippen molar-refractivity contribution in [3.05, 3.63) is 51.2 Å². The van der Waals surface area contributed by atoms with E-state index in [1.54, 1.807) is 16.9 Å². The summed E-state index contributed by atoms with van der Waals surface area (Å²) >= 11 is 3.61. The molecule has 2 nitrogen and oxygen atoms in total. The van der Waals surface area contributed by atoms with Crippen LogP contribution in [0.2, 0.25) is 0 Å². The van der Waals surface area contributed by atoms with Crippen LogP contribution in [0.4, 0.5) is 0 Å². The zero-order valence-electron chi connectivity index (χ0n) is 11.4. The topological polar surface area (TPSA) is 16.1 Å². The highest BCUT2D eigenvalue weighted by atomic mass is 32.1. The zero-order valence-corrected chi connectivity index (χ0v) is 13.0. The SMILES string of the molecule is CC(c1ccc2scnc2c1)N1CCc2ccsc2C1. The zero-order chi connectivity index (χ0) is 13.5. The van der Waals surface area contributed by atoms with E-state index in [9.17, 15) is 0 Å². The summed E-state index contributed by atoms with van der Waals surface area (Å²) in [6.07, 6.45) is 1.18. The Morgan fingerprint density at radius 2 is 2.20 bits per heavy atom. The molecule has 2 aromatic heterocycles. The lowest BCUT2D eigenvalue weighted by Gasteiger charge is -2.32. The molecular weight excluding hydrogens is 284 g/mol. The Morgan fingerprint density at radius 1 is 1.25 bits per heavy atom. The monoisotopic (exact) mass is 300 g/mol. The van der Waals surface area contributed by atoms with Gasteiger partial charge in [-0.25, -0.2) is 4.98 Å². The molecule has 0 spiro atoms. The average Bonchev–Trinajstić information content (AvgIpc) is 3.13. The minimum Gasteiger partial charge on any atom is -0.291 e. The van der Waals surface area contributed by atoms with Crippen molar-refractivity contribution >= 4 is 32.9 Å². The summed E-state index contributed by atoms with van der Waals surface area (Å²) in [4.78, 5) is 8.55. The van der Waals surface area contributed by atoms with Gasteiger partial charge in [0.25, 0.3) is 0 Å². The summed E-state index contributed by atoms with van der Waals surface area (Å²) in [6, 6.07) is 9.45. The van der Waals surface area contributed by atoms with Gasteiger partial charge in [-0.15, -0.1) is 22.7 Å². The standard InChI is InChI=1S/C16H16N2S2/c1-11(13-2-3-15-14(8-13)17-10-20-15)18-6-4-12-5-7-19-16(12)9-18/h2-3,5,7-8,10-11H,4,6,9H2,1H3. The van der Waals surface area contributed by atoms with Crippen LogP contribution < -0.4 is 0 Å². The fraction of sp³-hybridized carbons (Fsp3) is 0.312. The summed E-state index contributed by atoms with van der Waals surface area (Å²) in [5.74, 6) is 0. The lowest BCUT2D eigenvalue weighted by atomic mass is 10.0. The molecule has 1 aliphatic heterocycles. The summed E-state index contributed by atoms with van der Waals surface area (Å²) in [7, 11) is 0. The molecule has 4 heteroatoms. The molecule has 1 aromatic carbocycles. The molecule has 102 valence electrons. The van der Waals surface area contributed by atoms with Crippen molar-refractivity contribution < 1.29 is 0 Å². The van der Waals surface area contributed by atoms with Gasteiger partial charge in [-0.3, -0.25) is 4.90 Å². The fourth-order valence-electron chi connectivity index (χ4n) is 2.93. The van der Waals surface area contributed by atoms with Crippen LogP contribution in [0, 0.1) is 0 Å². The Kier molecular flexibility index (Phi) is 3.10. The normalized spacial score (nSPS) is 17.2. The number of thiazole rings is 1. The third-order valence-corrected chi connectivity index (χ3v) is 6.00. The van der Waals surface area contributed by atoms with Crippen LogP contribution in [0.3, 0.4) is 0 Å². The van der Waals surface area contributed by atoms with Gasteiger partial charge in [0.1, 0.15) is 0 Å². The average molecular weight is 300 g/mol. The maximum Gasteiger partial charge on any atom is 0.0815 e. The molecule has 3 heterocycles. The summed E-state index contributed by atoms with van der Waals surface area (Å²) < 4.78 is 1.28. The van der Waals surface area contributed by atoms with Gasteiger partial charge in [0, 0.05) is 24.0 Å². The molecule has 0 amide bonds. The molecule has 0 saturated carbocycles. The van der Waals surface area contributed by atoms with E-state index in [-0.39, 0.29) is 0 Å². The van der Waals surface area contributed by atoms with Crippen LogP contribution in [-0.2, 0) is 13.0 Å². The molecule has 1 unspecified atom stereocenters. The third kappa shape index (κ3) is 2.08. The fourth-order valence-corrected chi connectivity index (χ4v) is 4.55. The molecule has 1 atom stereocenters. The highest BCUT2D eigenvalue weighted by Crippen LogP contribution is 2.31. The van der Waals surface area contributed by atoms with Crippen LogP contribution >= 0.6 is 22.7 Å². The first-order valence-electron chi connectivity index (χ1n) is 6.94. The molecular formula is C16H16N2S2. The Morgan fingerprint density at radius 3 is 3.15 bits per heavy atom. The minimum atomic E-state index is 0.455. The van der Waals surface area contributed by atoms with Crippen molar-refractivity contribution in [3.63, 3.8) is 0 Å². The number of nitrogens with zero attached hydrogens (tertiary/aromatic N) is 2. The molecule has 20 heavy (non-hydrogen) atoms. The molecule has 0 bridgehead atoms. The number of aromatic nitrogens is 1. The molecule has 0 aliphatic carbocycles. The molecule has 1 aliphatic rings. The van der Waals surface area contributed by atoms with Gasteiger partial charge in [0.15, 0.2) is 0 Å². The van der Waals surface area contributed by atoms with E-state index >= 15 is 0 Å². The number of thiophene rings is 1. The minimum absolute atomic E-state index is 0.455. The number of hydrogen-bond donors (Lipinski definition) is 0. The molecule has 0 saturated heterocycles. The van der Waals surface area contributed by atoms with E-state index in [2.05, 4.69) is 46.5 Å². The molecule has 3 aromatic rings. The van der Waals surface area contributed by atoms with E-state index < -0.39 is 0 Å². The van der Waals surface area contributed by atoms with Crippen molar-refractivity contribution in [1.82, 2.24) is 9.88 Å². The predicted octanol–water partition coefficient (Wildman–Crippen LogP) is 4.48. The summed E-state index contributed by atoms with van der Waals surface area (Å²) in [5.41, 5.74) is 5.99. The number of benzene rings is 1. The molecule has 0 radical (unpaired) electrons. The Hall–Kier alpha value is -1.23. The molecule has 0 N–H and O–H groups in total. The largest absolute Gasteiger partial charge is 0.291 e. The van der Waals surface area contributed by atoms with Crippen LogP contribution in [0.5, 0.6) is 0 Å². The highest BCUT2D eigenvalue weighted by Gasteiger charge is 2.22. The highest BCUT2D eigenvalue weighted by molar-refractivity contribution is 7.16. The molecule has 4 rings (SSSR count). The van der Waals surface area contributed by atoms with Gasteiger partial charge in [-0.2, -0.15) is 0 Å². The van der Waals surface area contributed by atoms with Crippen molar-refractivity contribution in [1.29, 1.82) is 0 Å². The van der Waals surface area contributed by atoms with Crippen molar-refractivity contribution in [2.75, 3.05) is 6.54 Å². The second kappa shape index (κ2) is 4.95. The van der Waals surface area contributed by atoms with Gasteiger partial charge in [0.05, 0.1) is 15.7 Å². The van der Waals surface area contributed by atoms with E-state index in [1.807, 2.05) is 16.8 Å². The van der Waals surface area contributed by atoms with Gasteiger partial charge >= 0.3 is 0 Å². The second-order valence-electron chi connectivity index (χ2n) is 5.34. The van der Waals surface area contributed by atoms with Crippen LogP contribution in [0.15, 0.2) is 35.2 Å². The lowest BCUT2D eigenvalue weighted by molar-refractivity contribution is 0.195. The van der Waals surface area contributed by atoms with E-state index in [0.717, 1.165) is 18.6 Å².